The van der Waals surface area contributed by atoms with Crippen LogP contribution in [-0.4, -0.2) is 26.1 Å². The Kier molecular flexibility index (Phi) is 4.91. The SMILES string of the molecule is COc1cccc(CC(=O)C(OC)C(C)(C)C)c1. The first-order chi connectivity index (χ1) is 8.38. The zero-order valence-corrected chi connectivity index (χ0v) is 11.8. The quantitative estimate of drug-likeness (QED) is 0.806. The van der Waals surface area contributed by atoms with Gasteiger partial charge in [-0.3, -0.25) is 4.79 Å². The molecule has 0 bridgehead atoms. The number of benzene rings is 1. The highest BCUT2D eigenvalue weighted by atomic mass is 16.5. The Morgan fingerprint density at radius 2 is 1.94 bits per heavy atom. The van der Waals surface area contributed by atoms with E-state index in [-0.39, 0.29) is 17.3 Å². The van der Waals surface area contributed by atoms with Crippen molar-refractivity contribution < 1.29 is 14.3 Å². The minimum Gasteiger partial charge on any atom is -0.497 e. The summed E-state index contributed by atoms with van der Waals surface area (Å²) in [5, 5.41) is 0. The summed E-state index contributed by atoms with van der Waals surface area (Å²) in [4.78, 5) is 12.2. The number of hydrogen-bond donors (Lipinski definition) is 0. The molecule has 100 valence electrons. The van der Waals surface area contributed by atoms with Crippen molar-refractivity contribution in [3.05, 3.63) is 29.8 Å². The standard InChI is InChI=1S/C15H22O3/c1-15(2,3)14(18-5)13(16)10-11-7-6-8-12(9-11)17-4/h6-9,14H,10H2,1-5H3. The van der Waals surface area contributed by atoms with Crippen molar-refractivity contribution in [2.45, 2.75) is 33.3 Å². The molecule has 0 heterocycles. The summed E-state index contributed by atoms with van der Waals surface area (Å²) in [6.07, 6.45) is -0.0174. The molecule has 0 aliphatic carbocycles. The van der Waals surface area contributed by atoms with Crippen LogP contribution < -0.4 is 4.74 Å². The van der Waals surface area contributed by atoms with Gasteiger partial charge in [-0.1, -0.05) is 32.9 Å². The van der Waals surface area contributed by atoms with Crippen molar-refractivity contribution in [2.24, 2.45) is 5.41 Å². The normalized spacial score (nSPS) is 13.2. The molecule has 0 saturated carbocycles. The number of rotatable bonds is 5. The maximum absolute atomic E-state index is 12.2. The summed E-state index contributed by atoms with van der Waals surface area (Å²) in [6, 6.07) is 7.56. The van der Waals surface area contributed by atoms with Crippen molar-refractivity contribution in [2.75, 3.05) is 14.2 Å². The van der Waals surface area contributed by atoms with E-state index in [4.69, 9.17) is 9.47 Å². The average Bonchev–Trinajstić information content (AvgIpc) is 2.28. The molecule has 0 aromatic heterocycles. The van der Waals surface area contributed by atoms with E-state index in [0.29, 0.717) is 6.42 Å². The van der Waals surface area contributed by atoms with Gasteiger partial charge >= 0.3 is 0 Å². The predicted molar refractivity (Wildman–Crippen MR) is 72.0 cm³/mol. The minimum atomic E-state index is -0.385. The molecule has 0 amide bonds. The lowest BCUT2D eigenvalue weighted by molar-refractivity contribution is -0.134. The summed E-state index contributed by atoms with van der Waals surface area (Å²) in [5.74, 6) is 0.864. The van der Waals surface area contributed by atoms with Gasteiger partial charge in [-0.2, -0.15) is 0 Å². The van der Waals surface area contributed by atoms with Crippen LogP contribution in [0.4, 0.5) is 0 Å². The lowest BCUT2D eigenvalue weighted by atomic mass is 9.84. The summed E-state index contributed by atoms with van der Waals surface area (Å²) in [7, 11) is 3.20. The number of ketones is 1. The van der Waals surface area contributed by atoms with Gasteiger partial charge in [0.05, 0.1) is 7.11 Å². The number of methoxy groups -OCH3 is 2. The van der Waals surface area contributed by atoms with E-state index < -0.39 is 0 Å². The van der Waals surface area contributed by atoms with E-state index in [0.717, 1.165) is 11.3 Å². The summed E-state index contributed by atoms with van der Waals surface area (Å²) in [5.41, 5.74) is 0.760. The second kappa shape index (κ2) is 6.01. The molecule has 18 heavy (non-hydrogen) atoms. The van der Waals surface area contributed by atoms with E-state index >= 15 is 0 Å². The van der Waals surface area contributed by atoms with Crippen molar-refractivity contribution >= 4 is 5.78 Å². The van der Waals surface area contributed by atoms with Gasteiger partial charge < -0.3 is 9.47 Å². The van der Waals surface area contributed by atoms with Crippen LogP contribution in [0.5, 0.6) is 5.75 Å². The van der Waals surface area contributed by atoms with Crippen molar-refractivity contribution in [3.8, 4) is 5.75 Å². The molecule has 1 rings (SSSR count). The Bertz CT molecular complexity index is 404. The predicted octanol–water partition coefficient (Wildman–Crippen LogP) is 2.87. The highest BCUT2D eigenvalue weighted by Crippen LogP contribution is 2.24. The molecule has 3 heteroatoms. The van der Waals surface area contributed by atoms with Crippen LogP contribution in [0, 0.1) is 5.41 Å². The Hall–Kier alpha value is -1.35. The summed E-state index contributed by atoms with van der Waals surface area (Å²) < 4.78 is 10.5. The van der Waals surface area contributed by atoms with Gasteiger partial charge in [-0.15, -0.1) is 0 Å². The second-order valence-corrected chi connectivity index (χ2v) is 5.48. The topological polar surface area (TPSA) is 35.5 Å². The van der Waals surface area contributed by atoms with Gasteiger partial charge in [-0.05, 0) is 23.1 Å². The fraction of sp³-hybridized carbons (Fsp3) is 0.533. The minimum absolute atomic E-state index is 0.0956. The number of carbonyl (C=O) groups is 1. The Balaban J connectivity index is 2.80. The van der Waals surface area contributed by atoms with Crippen LogP contribution in [0.3, 0.4) is 0 Å². The van der Waals surface area contributed by atoms with Crippen LogP contribution in [-0.2, 0) is 16.0 Å². The van der Waals surface area contributed by atoms with Gasteiger partial charge in [-0.25, -0.2) is 0 Å². The van der Waals surface area contributed by atoms with Crippen molar-refractivity contribution in [3.63, 3.8) is 0 Å². The largest absolute Gasteiger partial charge is 0.497 e. The van der Waals surface area contributed by atoms with E-state index in [1.807, 2.05) is 45.0 Å². The Labute approximate surface area is 109 Å². The molecular weight excluding hydrogens is 228 g/mol. The number of hydrogen-bond acceptors (Lipinski definition) is 3. The molecule has 1 aromatic carbocycles. The maximum Gasteiger partial charge on any atom is 0.166 e. The van der Waals surface area contributed by atoms with E-state index in [1.165, 1.54) is 0 Å². The molecule has 0 aliphatic heterocycles. The van der Waals surface area contributed by atoms with Crippen molar-refractivity contribution in [1.82, 2.24) is 0 Å². The van der Waals surface area contributed by atoms with E-state index in [2.05, 4.69) is 0 Å². The highest BCUT2D eigenvalue weighted by molar-refractivity contribution is 5.86. The first-order valence-electron chi connectivity index (χ1n) is 6.07. The molecule has 0 spiro atoms. The average molecular weight is 250 g/mol. The number of Topliss-reactive ketones (excluding diaryl/α,β-unsaturated/α-hetero) is 1. The van der Waals surface area contributed by atoms with Gasteiger partial charge in [0.1, 0.15) is 11.9 Å². The van der Waals surface area contributed by atoms with Crippen LogP contribution in [0.25, 0.3) is 0 Å². The Morgan fingerprint density at radius 1 is 1.28 bits per heavy atom. The fourth-order valence-corrected chi connectivity index (χ4v) is 2.04. The molecule has 0 N–H and O–H groups in total. The van der Waals surface area contributed by atoms with Gasteiger partial charge in [0.2, 0.25) is 0 Å². The molecule has 3 nitrogen and oxygen atoms in total. The summed E-state index contributed by atoms with van der Waals surface area (Å²) in [6.45, 7) is 6.01. The molecule has 0 fully saturated rings. The van der Waals surface area contributed by atoms with Crippen molar-refractivity contribution in [1.29, 1.82) is 0 Å². The molecule has 0 saturated heterocycles. The highest BCUT2D eigenvalue weighted by Gasteiger charge is 2.30. The van der Waals surface area contributed by atoms with Gasteiger partial charge in [0, 0.05) is 13.5 Å². The summed E-state index contributed by atoms with van der Waals surface area (Å²) >= 11 is 0. The zero-order valence-electron chi connectivity index (χ0n) is 11.8. The maximum atomic E-state index is 12.2. The first-order valence-corrected chi connectivity index (χ1v) is 6.07. The van der Waals surface area contributed by atoms with Crippen LogP contribution >= 0.6 is 0 Å². The first kappa shape index (κ1) is 14.7. The van der Waals surface area contributed by atoms with Crippen LogP contribution in [0.15, 0.2) is 24.3 Å². The molecule has 1 aromatic rings. The molecule has 0 radical (unpaired) electrons. The fourth-order valence-electron chi connectivity index (χ4n) is 2.04. The molecule has 1 unspecified atom stereocenters. The molecule has 1 atom stereocenters. The third-order valence-electron chi connectivity index (χ3n) is 2.83. The molecular formula is C15H22O3. The second-order valence-electron chi connectivity index (χ2n) is 5.48. The third kappa shape index (κ3) is 3.84. The van der Waals surface area contributed by atoms with E-state index in [9.17, 15) is 4.79 Å². The monoisotopic (exact) mass is 250 g/mol. The number of ether oxygens (including phenoxy) is 2. The lowest BCUT2D eigenvalue weighted by Crippen LogP contribution is -2.37. The van der Waals surface area contributed by atoms with Crippen LogP contribution in [0.1, 0.15) is 26.3 Å². The smallest absolute Gasteiger partial charge is 0.166 e. The van der Waals surface area contributed by atoms with Gasteiger partial charge in [0.25, 0.3) is 0 Å². The number of carbonyl (C=O) groups excluding carboxylic acids is 1. The third-order valence-corrected chi connectivity index (χ3v) is 2.83. The zero-order chi connectivity index (χ0) is 13.8. The van der Waals surface area contributed by atoms with E-state index in [1.54, 1.807) is 14.2 Å². The van der Waals surface area contributed by atoms with Gasteiger partial charge in [0.15, 0.2) is 5.78 Å². The Morgan fingerprint density at radius 3 is 2.44 bits per heavy atom. The lowest BCUT2D eigenvalue weighted by Gasteiger charge is -2.28. The van der Waals surface area contributed by atoms with Crippen LogP contribution in [0.2, 0.25) is 0 Å². The molecule has 0 aliphatic rings.